The third-order valence-electron chi connectivity index (χ3n) is 4.91. The molecule has 3 aromatic rings. The number of amides is 2. The van der Waals surface area contributed by atoms with Crippen molar-refractivity contribution < 1.29 is 14.3 Å². The average Bonchev–Trinajstić information content (AvgIpc) is 3.14. The van der Waals surface area contributed by atoms with Gasteiger partial charge in [0, 0.05) is 12.7 Å². The molecule has 0 atom stereocenters. The van der Waals surface area contributed by atoms with Crippen molar-refractivity contribution in [3.05, 3.63) is 65.5 Å². The Morgan fingerprint density at radius 1 is 1.09 bits per heavy atom. The van der Waals surface area contributed by atoms with Crippen molar-refractivity contribution in [3.63, 3.8) is 0 Å². The van der Waals surface area contributed by atoms with Gasteiger partial charge in [0.15, 0.2) is 17.6 Å². The fourth-order valence-electron chi connectivity index (χ4n) is 3.09. The lowest BCUT2D eigenvalue weighted by Gasteiger charge is -2.14. The van der Waals surface area contributed by atoms with E-state index in [1.807, 2.05) is 55.5 Å². The molecule has 0 spiro atoms. The van der Waals surface area contributed by atoms with Crippen molar-refractivity contribution in [1.29, 1.82) is 0 Å². The second kappa shape index (κ2) is 11.5. The zero-order chi connectivity index (χ0) is 23.8. The molecule has 33 heavy (non-hydrogen) atoms. The summed E-state index contributed by atoms with van der Waals surface area (Å²) in [5, 5.41) is 14.5. The molecule has 0 fully saturated rings. The van der Waals surface area contributed by atoms with Crippen LogP contribution in [0.1, 0.15) is 36.7 Å². The molecular formula is C24H29N5O3S. The summed E-state index contributed by atoms with van der Waals surface area (Å²) < 4.78 is 7.54. The number of aryl methyl sites for hydroxylation is 1. The van der Waals surface area contributed by atoms with Gasteiger partial charge >= 0.3 is 0 Å². The Balaban J connectivity index is 1.47. The lowest BCUT2D eigenvalue weighted by molar-refractivity contribution is -0.123. The molecule has 9 heteroatoms. The van der Waals surface area contributed by atoms with Crippen LogP contribution in [-0.4, -0.2) is 38.9 Å². The molecule has 0 aliphatic rings. The number of rotatable bonds is 10. The number of benzene rings is 2. The topological polar surface area (TPSA) is 98.1 Å². The quantitative estimate of drug-likeness (QED) is 0.442. The maximum absolute atomic E-state index is 12.3. The van der Waals surface area contributed by atoms with E-state index in [1.165, 1.54) is 11.8 Å². The number of carbonyl (C=O) groups is 2. The second-order valence-corrected chi connectivity index (χ2v) is 8.86. The van der Waals surface area contributed by atoms with Gasteiger partial charge in [0.2, 0.25) is 5.91 Å². The number of carbonyl (C=O) groups excluding carboxylic acids is 2. The SMILES string of the molecule is Cc1ccc(C(C)C)c(OCC(=O)NCc2nnc(SCC(=O)Nc3ccccc3)n2C)c1. The number of para-hydroxylation sites is 1. The highest BCUT2D eigenvalue weighted by molar-refractivity contribution is 7.99. The molecule has 1 heterocycles. The molecule has 0 bridgehead atoms. The van der Waals surface area contributed by atoms with Crippen LogP contribution in [0.15, 0.2) is 53.7 Å². The third-order valence-corrected chi connectivity index (χ3v) is 5.93. The summed E-state index contributed by atoms with van der Waals surface area (Å²) in [7, 11) is 1.80. The third kappa shape index (κ3) is 7.08. The normalized spacial score (nSPS) is 10.8. The molecule has 0 aliphatic heterocycles. The number of ether oxygens (including phenoxy) is 1. The number of hydrogen-bond donors (Lipinski definition) is 2. The van der Waals surface area contributed by atoms with Gasteiger partial charge in [0.05, 0.1) is 12.3 Å². The van der Waals surface area contributed by atoms with E-state index < -0.39 is 0 Å². The van der Waals surface area contributed by atoms with E-state index >= 15 is 0 Å². The Morgan fingerprint density at radius 2 is 1.85 bits per heavy atom. The highest BCUT2D eigenvalue weighted by Gasteiger charge is 2.14. The molecule has 0 unspecified atom stereocenters. The van der Waals surface area contributed by atoms with E-state index in [0.29, 0.717) is 16.9 Å². The molecule has 0 saturated heterocycles. The standard InChI is InChI=1S/C24H29N5O3S/c1-16(2)19-11-10-17(3)12-20(19)32-14-22(30)25-13-21-27-28-24(29(21)4)33-15-23(31)26-18-8-6-5-7-9-18/h5-12,16H,13-15H2,1-4H3,(H,25,30)(H,26,31). The summed E-state index contributed by atoms with van der Waals surface area (Å²) in [4.78, 5) is 24.4. The minimum atomic E-state index is -0.245. The summed E-state index contributed by atoms with van der Waals surface area (Å²) in [6.45, 7) is 6.31. The number of nitrogens with zero attached hydrogens (tertiary/aromatic N) is 3. The zero-order valence-electron chi connectivity index (χ0n) is 19.3. The molecule has 2 N–H and O–H groups in total. The number of anilines is 1. The Morgan fingerprint density at radius 3 is 2.58 bits per heavy atom. The number of nitrogens with one attached hydrogen (secondary N) is 2. The summed E-state index contributed by atoms with van der Waals surface area (Å²) in [6, 6.07) is 15.3. The molecule has 0 aliphatic carbocycles. The Hall–Kier alpha value is -3.33. The first-order valence-corrected chi connectivity index (χ1v) is 11.7. The Kier molecular flexibility index (Phi) is 8.48. The van der Waals surface area contributed by atoms with Crippen LogP contribution >= 0.6 is 11.8 Å². The fourth-order valence-corrected chi connectivity index (χ4v) is 3.82. The van der Waals surface area contributed by atoms with E-state index in [2.05, 4.69) is 34.7 Å². The van der Waals surface area contributed by atoms with Gasteiger partial charge in [-0.2, -0.15) is 0 Å². The van der Waals surface area contributed by atoms with Gasteiger partial charge in [-0.05, 0) is 42.2 Å². The van der Waals surface area contributed by atoms with Crippen molar-refractivity contribution in [1.82, 2.24) is 20.1 Å². The number of hydrogen-bond acceptors (Lipinski definition) is 6. The van der Waals surface area contributed by atoms with Crippen molar-refractivity contribution in [2.45, 2.75) is 38.4 Å². The van der Waals surface area contributed by atoms with Crippen molar-refractivity contribution in [3.8, 4) is 5.75 Å². The lowest BCUT2D eigenvalue weighted by Crippen LogP contribution is -2.29. The summed E-state index contributed by atoms with van der Waals surface area (Å²) in [5.41, 5.74) is 2.90. The van der Waals surface area contributed by atoms with Gasteiger partial charge in [0.25, 0.3) is 5.91 Å². The van der Waals surface area contributed by atoms with Crippen molar-refractivity contribution in [2.75, 3.05) is 17.7 Å². The van der Waals surface area contributed by atoms with E-state index in [9.17, 15) is 9.59 Å². The van der Waals surface area contributed by atoms with E-state index in [-0.39, 0.29) is 30.7 Å². The van der Waals surface area contributed by atoms with Gasteiger partial charge in [-0.25, -0.2) is 0 Å². The Labute approximate surface area is 198 Å². The first-order chi connectivity index (χ1) is 15.8. The first-order valence-electron chi connectivity index (χ1n) is 10.7. The summed E-state index contributed by atoms with van der Waals surface area (Å²) >= 11 is 1.28. The minimum absolute atomic E-state index is 0.0811. The molecular weight excluding hydrogens is 438 g/mol. The fraction of sp³-hybridized carbons (Fsp3) is 0.333. The predicted molar refractivity (Wildman–Crippen MR) is 129 cm³/mol. The number of thioether (sulfide) groups is 1. The van der Waals surface area contributed by atoms with Crippen LogP contribution in [-0.2, 0) is 23.2 Å². The zero-order valence-corrected chi connectivity index (χ0v) is 20.1. The first kappa shape index (κ1) is 24.3. The van der Waals surface area contributed by atoms with Crippen LogP contribution in [0.4, 0.5) is 5.69 Å². The van der Waals surface area contributed by atoms with Crippen LogP contribution < -0.4 is 15.4 Å². The van der Waals surface area contributed by atoms with Gasteiger partial charge in [-0.15, -0.1) is 10.2 Å². The maximum atomic E-state index is 12.3. The van der Waals surface area contributed by atoms with Gasteiger partial charge < -0.3 is 19.9 Å². The van der Waals surface area contributed by atoms with E-state index in [0.717, 1.165) is 22.6 Å². The second-order valence-electron chi connectivity index (χ2n) is 7.92. The van der Waals surface area contributed by atoms with E-state index in [1.54, 1.807) is 11.6 Å². The van der Waals surface area contributed by atoms with Gasteiger partial charge in [-0.3, -0.25) is 9.59 Å². The highest BCUT2D eigenvalue weighted by Crippen LogP contribution is 2.27. The molecule has 8 nitrogen and oxygen atoms in total. The number of aromatic nitrogens is 3. The van der Waals surface area contributed by atoms with Crippen molar-refractivity contribution >= 4 is 29.3 Å². The van der Waals surface area contributed by atoms with Gasteiger partial charge in [-0.1, -0.05) is 55.9 Å². The lowest BCUT2D eigenvalue weighted by atomic mass is 10.0. The molecule has 2 amide bonds. The van der Waals surface area contributed by atoms with E-state index in [4.69, 9.17) is 4.74 Å². The summed E-state index contributed by atoms with van der Waals surface area (Å²) in [6.07, 6.45) is 0. The highest BCUT2D eigenvalue weighted by atomic mass is 32.2. The van der Waals surface area contributed by atoms with Crippen molar-refractivity contribution in [2.24, 2.45) is 7.05 Å². The van der Waals surface area contributed by atoms with Crippen LogP contribution in [0.25, 0.3) is 0 Å². The molecule has 0 radical (unpaired) electrons. The van der Waals surface area contributed by atoms with Gasteiger partial charge in [0.1, 0.15) is 5.75 Å². The van der Waals surface area contributed by atoms with Crippen LogP contribution in [0, 0.1) is 6.92 Å². The van der Waals surface area contributed by atoms with Crippen LogP contribution in [0.3, 0.4) is 0 Å². The summed E-state index contributed by atoms with van der Waals surface area (Å²) in [5.74, 6) is 1.45. The molecule has 0 saturated carbocycles. The smallest absolute Gasteiger partial charge is 0.258 e. The molecule has 3 rings (SSSR count). The maximum Gasteiger partial charge on any atom is 0.258 e. The molecule has 1 aromatic heterocycles. The molecule has 2 aromatic carbocycles. The van der Waals surface area contributed by atoms with Crippen LogP contribution in [0.5, 0.6) is 5.75 Å². The Bertz CT molecular complexity index is 1100. The average molecular weight is 468 g/mol. The monoisotopic (exact) mass is 467 g/mol. The largest absolute Gasteiger partial charge is 0.483 e. The predicted octanol–water partition coefficient (Wildman–Crippen LogP) is 3.67. The molecule has 174 valence electrons. The van der Waals surface area contributed by atoms with Crippen LogP contribution in [0.2, 0.25) is 0 Å². The minimum Gasteiger partial charge on any atom is -0.483 e.